The lowest BCUT2D eigenvalue weighted by atomic mass is 9.91. The summed E-state index contributed by atoms with van der Waals surface area (Å²) in [4.78, 5) is 0. The van der Waals surface area contributed by atoms with Gasteiger partial charge in [-0.2, -0.15) is 8.78 Å². The van der Waals surface area contributed by atoms with Gasteiger partial charge in [0.05, 0.1) is 6.10 Å². The topological polar surface area (TPSA) is 21.3 Å². The molecule has 0 atom stereocenters. The minimum Gasteiger partial charge on any atom is -0.320 e. The van der Waals surface area contributed by atoms with Crippen LogP contribution in [0.4, 0.5) is 8.78 Å². The van der Waals surface area contributed by atoms with Crippen molar-refractivity contribution in [2.45, 2.75) is 65.2 Å². The Morgan fingerprint density at radius 3 is 2.19 bits per heavy atom. The molecule has 1 saturated carbocycles. The van der Waals surface area contributed by atoms with Crippen LogP contribution in [0.1, 0.15) is 46.5 Å². The van der Waals surface area contributed by atoms with Gasteiger partial charge in [0.15, 0.2) is 0 Å². The Labute approximate surface area is 96.7 Å². The predicted molar refractivity (Wildman–Crippen MR) is 60.6 cm³/mol. The van der Waals surface area contributed by atoms with Crippen molar-refractivity contribution in [3.05, 3.63) is 0 Å². The van der Waals surface area contributed by atoms with Gasteiger partial charge >= 0.3 is 6.61 Å². The molecule has 96 valence electrons. The third-order valence-electron chi connectivity index (χ3n) is 2.89. The zero-order valence-corrected chi connectivity index (χ0v) is 10.4. The van der Waals surface area contributed by atoms with E-state index >= 15 is 0 Å². The van der Waals surface area contributed by atoms with Crippen LogP contribution in [0.5, 0.6) is 0 Å². The molecule has 1 fully saturated rings. The van der Waals surface area contributed by atoms with E-state index in [1.807, 2.05) is 0 Å². The van der Waals surface area contributed by atoms with Crippen LogP contribution in [-0.4, -0.2) is 25.3 Å². The second-order valence-electron chi connectivity index (χ2n) is 5.81. The van der Waals surface area contributed by atoms with E-state index in [-0.39, 0.29) is 11.5 Å². The van der Waals surface area contributed by atoms with Crippen molar-refractivity contribution in [3.63, 3.8) is 0 Å². The summed E-state index contributed by atoms with van der Waals surface area (Å²) in [6.45, 7) is 4.91. The molecule has 0 bridgehead atoms. The Balaban J connectivity index is 2.17. The third-order valence-corrected chi connectivity index (χ3v) is 2.89. The van der Waals surface area contributed by atoms with Crippen LogP contribution in [-0.2, 0) is 4.74 Å². The molecular formula is C12H23F2NO. The van der Waals surface area contributed by atoms with Crippen molar-refractivity contribution in [2.75, 3.05) is 6.54 Å². The summed E-state index contributed by atoms with van der Waals surface area (Å²) in [6, 6.07) is 0.469. The van der Waals surface area contributed by atoms with E-state index in [1.54, 1.807) is 0 Å². The van der Waals surface area contributed by atoms with Crippen LogP contribution in [0.15, 0.2) is 0 Å². The molecule has 0 unspecified atom stereocenters. The lowest BCUT2D eigenvalue weighted by Gasteiger charge is -2.31. The molecular weight excluding hydrogens is 212 g/mol. The molecule has 0 heterocycles. The molecule has 16 heavy (non-hydrogen) atoms. The Morgan fingerprint density at radius 2 is 1.75 bits per heavy atom. The highest BCUT2D eigenvalue weighted by Crippen LogP contribution is 2.23. The molecule has 0 aliphatic heterocycles. The van der Waals surface area contributed by atoms with Gasteiger partial charge < -0.3 is 10.1 Å². The fourth-order valence-electron chi connectivity index (χ4n) is 2.00. The van der Waals surface area contributed by atoms with E-state index in [0.717, 1.165) is 32.2 Å². The zero-order chi connectivity index (χ0) is 12.2. The van der Waals surface area contributed by atoms with Crippen molar-refractivity contribution < 1.29 is 13.5 Å². The minimum absolute atomic E-state index is 0.243. The summed E-state index contributed by atoms with van der Waals surface area (Å²) in [5.74, 6) is 0. The molecule has 0 aromatic rings. The van der Waals surface area contributed by atoms with E-state index in [4.69, 9.17) is 0 Å². The number of alkyl halides is 2. The molecule has 0 aromatic heterocycles. The molecule has 0 radical (unpaired) electrons. The standard InChI is InChI=1S/C12H23F2NO/c1-12(2,3)8-15-9-4-6-10(7-5-9)16-11(13)14/h9-11,15H,4-8H2,1-3H3/t9-,10-. The molecule has 4 heteroatoms. The number of rotatable bonds is 4. The Hall–Kier alpha value is -0.220. The van der Waals surface area contributed by atoms with Gasteiger partial charge in [-0.1, -0.05) is 20.8 Å². The Bertz CT molecular complexity index is 196. The molecule has 1 aliphatic rings. The predicted octanol–water partition coefficient (Wildman–Crippen LogP) is 3.17. The lowest BCUT2D eigenvalue weighted by Crippen LogP contribution is -2.39. The summed E-state index contributed by atoms with van der Waals surface area (Å²) in [6.07, 6.45) is 3.12. The van der Waals surface area contributed by atoms with Crippen LogP contribution in [0.25, 0.3) is 0 Å². The van der Waals surface area contributed by atoms with E-state index in [1.165, 1.54) is 0 Å². The minimum atomic E-state index is -2.62. The van der Waals surface area contributed by atoms with Crippen LogP contribution >= 0.6 is 0 Å². The lowest BCUT2D eigenvalue weighted by molar-refractivity contribution is -0.170. The Kier molecular flexibility index (Phi) is 5.12. The third kappa shape index (κ3) is 5.75. The fraction of sp³-hybridized carbons (Fsp3) is 1.00. The van der Waals surface area contributed by atoms with Gasteiger partial charge in [0.25, 0.3) is 0 Å². The second kappa shape index (κ2) is 5.92. The molecule has 1 rings (SSSR count). The molecule has 1 N–H and O–H groups in total. The summed E-state index contributed by atoms with van der Waals surface area (Å²) in [7, 11) is 0. The van der Waals surface area contributed by atoms with Gasteiger partial charge in [-0.15, -0.1) is 0 Å². The number of hydrogen-bond acceptors (Lipinski definition) is 2. The largest absolute Gasteiger partial charge is 0.345 e. The van der Waals surface area contributed by atoms with E-state index in [0.29, 0.717) is 6.04 Å². The van der Waals surface area contributed by atoms with Crippen LogP contribution in [0, 0.1) is 5.41 Å². The summed E-state index contributed by atoms with van der Waals surface area (Å²) in [5.41, 5.74) is 0.274. The Morgan fingerprint density at radius 1 is 1.19 bits per heavy atom. The zero-order valence-electron chi connectivity index (χ0n) is 10.4. The van der Waals surface area contributed by atoms with E-state index < -0.39 is 6.61 Å². The first-order valence-corrected chi connectivity index (χ1v) is 6.04. The van der Waals surface area contributed by atoms with Crippen LogP contribution in [0.2, 0.25) is 0 Å². The number of nitrogens with one attached hydrogen (secondary N) is 1. The van der Waals surface area contributed by atoms with E-state index in [9.17, 15) is 8.78 Å². The van der Waals surface area contributed by atoms with Gasteiger partial charge in [-0.05, 0) is 31.1 Å². The molecule has 0 amide bonds. The van der Waals surface area contributed by atoms with Gasteiger partial charge in [0, 0.05) is 12.6 Å². The maximum atomic E-state index is 12.0. The van der Waals surface area contributed by atoms with Gasteiger partial charge in [-0.3, -0.25) is 0 Å². The van der Waals surface area contributed by atoms with Gasteiger partial charge in [0.2, 0.25) is 0 Å². The fourth-order valence-corrected chi connectivity index (χ4v) is 2.00. The first kappa shape index (κ1) is 13.8. The maximum Gasteiger partial charge on any atom is 0.345 e. The average molecular weight is 235 g/mol. The van der Waals surface area contributed by atoms with Crippen LogP contribution in [0.3, 0.4) is 0 Å². The van der Waals surface area contributed by atoms with Crippen molar-refractivity contribution in [2.24, 2.45) is 5.41 Å². The SMILES string of the molecule is CC(C)(C)CN[C@H]1CC[C@H](OC(F)F)CC1. The molecule has 0 spiro atoms. The monoisotopic (exact) mass is 235 g/mol. The number of hydrogen-bond donors (Lipinski definition) is 1. The summed E-state index contributed by atoms with van der Waals surface area (Å²) in [5, 5.41) is 3.49. The molecule has 0 aromatic carbocycles. The maximum absolute atomic E-state index is 12.0. The molecule has 1 aliphatic carbocycles. The summed E-state index contributed by atoms with van der Waals surface area (Å²) < 4.78 is 28.5. The van der Waals surface area contributed by atoms with Crippen molar-refractivity contribution in [1.29, 1.82) is 0 Å². The highest BCUT2D eigenvalue weighted by Gasteiger charge is 2.24. The summed E-state index contributed by atoms with van der Waals surface area (Å²) >= 11 is 0. The van der Waals surface area contributed by atoms with Crippen LogP contribution < -0.4 is 5.32 Å². The highest BCUT2D eigenvalue weighted by atomic mass is 19.3. The van der Waals surface area contributed by atoms with E-state index in [2.05, 4.69) is 30.8 Å². The highest BCUT2D eigenvalue weighted by molar-refractivity contribution is 4.79. The van der Waals surface area contributed by atoms with Gasteiger partial charge in [0.1, 0.15) is 0 Å². The molecule has 2 nitrogen and oxygen atoms in total. The number of halogens is 2. The molecule has 0 saturated heterocycles. The normalized spacial score (nSPS) is 27.4. The van der Waals surface area contributed by atoms with Crippen molar-refractivity contribution in [3.8, 4) is 0 Å². The van der Waals surface area contributed by atoms with Crippen molar-refractivity contribution in [1.82, 2.24) is 5.32 Å². The van der Waals surface area contributed by atoms with Crippen molar-refractivity contribution >= 4 is 0 Å². The second-order valence-corrected chi connectivity index (χ2v) is 5.81. The first-order valence-electron chi connectivity index (χ1n) is 6.04. The quantitative estimate of drug-likeness (QED) is 0.808. The number of ether oxygens (including phenoxy) is 1. The van der Waals surface area contributed by atoms with Gasteiger partial charge in [-0.25, -0.2) is 0 Å². The smallest absolute Gasteiger partial charge is 0.320 e. The average Bonchev–Trinajstić information content (AvgIpc) is 2.14. The first-order chi connectivity index (χ1) is 7.37.